The Hall–Kier alpha value is -0.0400. The maximum Gasteiger partial charge on any atom is 0.00640 e. The molecule has 0 saturated heterocycles. The third-order valence-corrected chi connectivity index (χ3v) is 4.26. The van der Waals surface area contributed by atoms with E-state index in [4.69, 9.17) is 0 Å². The van der Waals surface area contributed by atoms with Crippen molar-refractivity contribution in [2.75, 3.05) is 7.05 Å². The van der Waals surface area contributed by atoms with E-state index in [9.17, 15) is 0 Å². The van der Waals surface area contributed by atoms with Crippen LogP contribution in [-0.4, -0.2) is 13.1 Å². The maximum atomic E-state index is 3.50. The summed E-state index contributed by atoms with van der Waals surface area (Å²) in [5.41, 5.74) is 0. The van der Waals surface area contributed by atoms with Crippen molar-refractivity contribution in [1.29, 1.82) is 0 Å². The van der Waals surface area contributed by atoms with Crippen molar-refractivity contribution in [3.05, 3.63) is 0 Å². The summed E-state index contributed by atoms with van der Waals surface area (Å²) in [6.45, 7) is 0. The van der Waals surface area contributed by atoms with Crippen LogP contribution in [-0.2, 0) is 0 Å². The molecule has 1 aliphatic carbocycles. The van der Waals surface area contributed by atoms with E-state index < -0.39 is 0 Å². The molecule has 1 aliphatic rings. The summed E-state index contributed by atoms with van der Waals surface area (Å²) >= 11 is 0. The van der Waals surface area contributed by atoms with E-state index >= 15 is 0 Å². The molecule has 0 heterocycles. The normalized spacial score (nSPS) is 23.8. The lowest BCUT2D eigenvalue weighted by atomic mass is 10.0. The second-order valence-electron chi connectivity index (χ2n) is 5.81. The van der Waals surface area contributed by atoms with Gasteiger partial charge >= 0.3 is 0 Å². The van der Waals surface area contributed by atoms with Crippen LogP contribution in [0, 0.1) is 0 Å². The maximum absolute atomic E-state index is 3.50. The molecule has 1 heteroatoms. The van der Waals surface area contributed by atoms with Crippen molar-refractivity contribution in [2.45, 2.75) is 95.9 Å². The average molecular weight is 239 g/mol. The Balaban J connectivity index is 2.16. The van der Waals surface area contributed by atoms with Gasteiger partial charge in [-0.1, -0.05) is 77.0 Å². The first-order valence-electron chi connectivity index (χ1n) is 8.11. The van der Waals surface area contributed by atoms with E-state index in [1.54, 1.807) is 0 Å². The van der Waals surface area contributed by atoms with E-state index in [1.807, 2.05) is 0 Å². The molecule has 17 heavy (non-hydrogen) atoms. The fraction of sp³-hybridized carbons (Fsp3) is 1.00. The number of hydrogen-bond acceptors (Lipinski definition) is 1. The first kappa shape index (κ1) is 15.0. The molecule has 0 unspecified atom stereocenters. The molecule has 0 spiro atoms. The highest BCUT2D eigenvalue weighted by molar-refractivity contribution is 4.65. The van der Waals surface area contributed by atoms with E-state index in [0.29, 0.717) is 0 Å². The van der Waals surface area contributed by atoms with Gasteiger partial charge in [0, 0.05) is 6.04 Å². The number of rotatable bonds is 1. The molecule has 102 valence electrons. The Morgan fingerprint density at radius 3 is 1.12 bits per heavy atom. The van der Waals surface area contributed by atoms with Gasteiger partial charge in [-0.05, 0) is 19.9 Å². The third kappa shape index (κ3) is 8.65. The molecule has 0 atom stereocenters. The van der Waals surface area contributed by atoms with Gasteiger partial charge in [0.15, 0.2) is 0 Å². The third-order valence-electron chi connectivity index (χ3n) is 4.26. The molecule has 0 radical (unpaired) electrons. The van der Waals surface area contributed by atoms with Gasteiger partial charge in [0.2, 0.25) is 0 Å². The van der Waals surface area contributed by atoms with Crippen molar-refractivity contribution >= 4 is 0 Å². The Kier molecular flexibility index (Phi) is 9.78. The lowest BCUT2D eigenvalue weighted by Crippen LogP contribution is -2.24. The Morgan fingerprint density at radius 1 is 0.529 bits per heavy atom. The molecule has 0 aliphatic heterocycles. The molecule has 1 nitrogen and oxygen atoms in total. The van der Waals surface area contributed by atoms with Crippen LogP contribution in [0.5, 0.6) is 0 Å². The van der Waals surface area contributed by atoms with Crippen LogP contribution in [0.4, 0.5) is 0 Å². The topological polar surface area (TPSA) is 12.0 Å². The summed E-state index contributed by atoms with van der Waals surface area (Å²) in [5, 5.41) is 3.50. The predicted octanol–water partition coefficient (Wildman–Crippen LogP) is 5.05. The summed E-state index contributed by atoms with van der Waals surface area (Å²) in [6.07, 6.45) is 20.4. The molecular weight excluding hydrogens is 206 g/mol. The van der Waals surface area contributed by atoms with E-state index in [1.165, 1.54) is 89.9 Å². The molecule has 1 rings (SSSR count). The van der Waals surface area contributed by atoms with Crippen LogP contribution >= 0.6 is 0 Å². The standard InChI is InChI=1S/C16H33N/c1-17-16-14-12-10-8-6-4-2-3-5-7-9-11-13-15-16/h16-17H,2-15H2,1H3. The zero-order chi connectivity index (χ0) is 12.2. The average Bonchev–Trinajstić information content (AvgIpc) is 2.36. The molecule has 1 saturated carbocycles. The number of nitrogens with one attached hydrogen (secondary N) is 1. The van der Waals surface area contributed by atoms with Gasteiger partial charge in [0.25, 0.3) is 0 Å². The van der Waals surface area contributed by atoms with Gasteiger partial charge in [0.1, 0.15) is 0 Å². The van der Waals surface area contributed by atoms with E-state index in [2.05, 4.69) is 12.4 Å². The highest BCUT2D eigenvalue weighted by Crippen LogP contribution is 2.16. The fourth-order valence-corrected chi connectivity index (χ4v) is 2.98. The molecule has 0 aromatic rings. The van der Waals surface area contributed by atoms with Crippen LogP contribution in [0.25, 0.3) is 0 Å². The zero-order valence-corrected chi connectivity index (χ0v) is 12.0. The van der Waals surface area contributed by atoms with Gasteiger partial charge in [-0.2, -0.15) is 0 Å². The summed E-state index contributed by atoms with van der Waals surface area (Å²) in [6, 6.07) is 0.792. The smallest absolute Gasteiger partial charge is 0.00640 e. The minimum Gasteiger partial charge on any atom is -0.317 e. The number of hydrogen-bond donors (Lipinski definition) is 1. The second kappa shape index (κ2) is 11.1. The highest BCUT2D eigenvalue weighted by atomic mass is 14.9. The van der Waals surface area contributed by atoms with Crippen molar-refractivity contribution in [3.8, 4) is 0 Å². The summed E-state index contributed by atoms with van der Waals surface area (Å²) < 4.78 is 0. The van der Waals surface area contributed by atoms with Crippen LogP contribution in [0.15, 0.2) is 0 Å². The van der Waals surface area contributed by atoms with Crippen LogP contribution in [0.2, 0.25) is 0 Å². The molecule has 0 aromatic heterocycles. The van der Waals surface area contributed by atoms with Crippen LogP contribution in [0.3, 0.4) is 0 Å². The van der Waals surface area contributed by atoms with E-state index in [0.717, 1.165) is 6.04 Å². The van der Waals surface area contributed by atoms with Gasteiger partial charge in [-0.25, -0.2) is 0 Å². The monoisotopic (exact) mass is 239 g/mol. The second-order valence-corrected chi connectivity index (χ2v) is 5.81. The largest absolute Gasteiger partial charge is 0.317 e. The zero-order valence-electron chi connectivity index (χ0n) is 12.0. The van der Waals surface area contributed by atoms with Crippen molar-refractivity contribution in [2.24, 2.45) is 0 Å². The molecule has 0 aromatic carbocycles. The van der Waals surface area contributed by atoms with Crippen molar-refractivity contribution < 1.29 is 0 Å². The quantitative estimate of drug-likeness (QED) is 0.675. The Morgan fingerprint density at radius 2 is 0.824 bits per heavy atom. The SMILES string of the molecule is CNC1CCCCCCCCCCCCCC1. The molecule has 1 fully saturated rings. The first-order valence-corrected chi connectivity index (χ1v) is 8.11. The predicted molar refractivity (Wildman–Crippen MR) is 77.5 cm³/mol. The molecule has 0 amide bonds. The van der Waals surface area contributed by atoms with Crippen LogP contribution < -0.4 is 5.32 Å². The molecular formula is C16H33N. The van der Waals surface area contributed by atoms with E-state index in [-0.39, 0.29) is 0 Å². The highest BCUT2D eigenvalue weighted by Gasteiger charge is 2.05. The van der Waals surface area contributed by atoms with Gasteiger partial charge < -0.3 is 5.32 Å². The molecule has 0 bridgehead atoms. The minimum atomic E-state index is 0.792. The van der Waals surface area contributed by atoms with Crippen molar-refractivity contribution in [3.63, 3.8) is 0 Å². The summed E-state index contributed by atoms with van der Waals surface area (Å²) in [5.74, 6) is 0. The van der Waals surface area contributed by atoms with Crippen molar-refractivity contribution in [1.82, 2.24) is 5.32 Å². The fourth-order valence-electron chi connectivity index (χ4n) is 2.98. The summed E-state index contributed by atoms with van der Waals surface area (Å²) in [7, 11) is 2.14. The van der Waals surface area contributed by atoms with Gasteiger partial charge in [0.05, 0.1) is 0 Å². The Bertz CT molecular complexity index is 140. The molecule has 1 N–H and O–H groups in total. The minimum absolute atomic E-state index is 0.792. The lowest BCUT2D eigenvalue weighted by molar-refractivity contribution is 0.439. The first-order chi connectivity index (χ1) is 8.43. The summed E-state index contributed by atoms with van der Waals surface area (Å²) in [4.78, 5) is 0. The Labute approximate surface area is 109 Å². The van der Waals surface area contributed by atoms with Crippen LogP contribution in [0.1, 0.15) is 89.9 Å². The van der Waals surface area contributed by atoms with Gasteiger partial charge in [-0.15, -0.1) is 0 Å². The lowest BCUT2D eigenvalue weighted by Gasteiger charge is -2.15. The van der Waals surface area contributed by atoms with Gasteiger partial charge in [-0.3, -0.25) is 0 Å².